The van der Waals surface area contributed by atoms with Gasteiger partial charge < -0.3 is 20.5 Å². The molecule has 0 bridgehead atoms. The van der Waals surface area contributed by atoms with Gasteiger partial charge in [-0.25, -0.2) is 0 Å². The topological polar surface area (TPSA) is 61.4 Å². The van der Waals surface area contributed by atoms with Crippen molar-refractivity contribution in [3.63, 3.8) is 0 Å². The molecule has 0 saturated carbocycles. The number of nitrogens with one attached hydrogen (secondary N) is 2. The molecule has 0 radical (unpaired) electrons. The Morgan fingerprint density at radius 2 is 1.79 bits per heavy atom. The first kappa shape index (κ1) is 23.9. The SMILES string of the molecule is CNC[C@H](CC=O)NCCC(C)(C)c1ccc(C)c(O)c1.Cc1ccccc1. The van der Waals surface area contributed by atoms with E-state index in [2.05, 4.69) is 49.6 Å². The summed E-state index contributed by atoms with van der Waals surface area (Å²) in [6, 6.07) is 16.3. The van der Waals surface area contributed by atoms with Gasteiger partial charge in [-0.15, -0.1) is 0 Å². The summed E-state index contributed by atoms with van der Waals surface area (Å²) >= 11 is 0. The number of aromatic hydroxyl groups is 1. The van der Waals surface area contributed by atoms with Crippen molar-refractivity contribution in [2.24, 2.45) is 0 Å². The molecule has 2 rings (SSSR count). The van der Waals surface area contributed by atoms with Gasteiger partial charge in [-0.05, 0) is 56.5 Å². The Balaban J connectivity index is 0.000000467. The highest BCUT2D eigenvalue weighted by Gasteiger charge is 2.21. The molecule has 0 aliphatic rings. The van der Waals surface area contributed by atoms with Gasteiger partial charge in [0.15, 0.2) is 0 Å². The monoisotopic (exact) mass is 384 g/mol. The molecule has 1 atom stereocenters. The normalized spacial score (nSPS) is 12.0. The predicted molar refractivity (Wildman–Crippen MR) is 118 cm³/mol. The molecule has 4 nitrogen and oxygen atoms in total. The largest absolute Gasteiger partial charge is 0.508 e. The minimum atomic E-state index is -0.0243. The molecule has 2 aromatic carbocycles. The van der Waals surface area contributed by atoms with E-state index in [-0.39, 0.29) is 11.5 Å². The molecule has 3 N–H and O–H groups in total. The minimum absolute atomic E-state index is 0.0243. The van der Waals surface area contributed by atoms with Gasteiger partial charge >= 0.3 is 0 Å². The lowest BCUT2D eigenvalue weighted by molar-refractivity contribution is -0.108. The lowest BCUT2D eigenvalue weighted by Gasteiger charge is -2.27. The zero-order valence-electron chi connectivity index (χ0n) is 18.0. The van der Waals surface area contributed by atoms with Gasteiger partial charge in [0.05, 0.1) is 0 Å². The lowest BCUT2D eigenvalue weighted by atomic mass is 9.81. The number of likely N-dealkylation sites (N-methyl/N-ethyl adjacent to an activating group) is 1. The predicted octanol–water partition coefficient (Wildman–Crippen LogP) is 4.13. The Labute approximate surface area is 170 Å². The average molecular weight is 385 g/mol. The van der Waals surface area contributed by atoms with E-state index in [0.29, 0.717) is 12.2 Å². The lowest BCUT2D eigenvalue weighted by Crippen LogP contribution is -2.39. The Morgan fingerprint density at radius 3 is 2.29 bits per heavy atom. The molecule has 0 aliphatic heterocycles. The maximum Gasteiger partial charge on any atom is 0.121 e. The summed E-state index contributed by atoms with van der Waals surface area (Å²) in [4.78, 5) is 10.6. The van der Waals surface area contributed by atoms with Crippen molar-refractivity contribution in [3.8, 4) is 5.75 Å². The standard InChI is InChI=1S/C17H28N2O2.C7H8/c1-13-5-6-14(11-16(13)21)17(2,3)8-9-19-15(7-10-20)12-18-4;1-7-5-3-2-4-6-7/h5-6,10-11,15,18-19,21H,7-9,12H2,1-4H3;2-6H,1H3/t15-;/m0./s1. The smallest absolute Gasteiger partial charge is 0.121 e. The summed E-state index contributed by atoms with van der Waals surface area (Å²) in [5.41, 5.74) is 3.33. The molecule has 2 aromatic rings. The van der Waals surface area contributed by atoms with E-state index in [1.54, 1.807) is 0 Å². The van der Waals surface area contributed by atoms with Crippen LogP contribution in [0.3, 0.4) is 0 Å². The number of rotatable bonds is 9. The average Bonchev–Trinajstić information content (AvgIpc) is 2.65. The van der Waals surface area contributed by atoms with Gasteiger partial charge in [-0.1, -0.05) is 61.9 Å². The molecular formula is C24H36N2O2. The first-order valence-electron chi connectivity index (χ1n) is 9.93. The van der Waals surface area contributed by atoms with Gasteiger partial charge in [-0.3, -0.25) is 0 Å². The number of phenolic OH excluding ortho intramolecular Hbond substituents is 1. The molecule has 0 heterocycles. The summed E-state index contributed by atoms with van der Waals surface area (Å²) in [5.74, 6) is 0.350. The van der Waals surface area contributed by atoms with E-state index in [9.17, 15) is 9.90 Å². The molecule has 0 aromatic heterocycles. The fraction of sp³-hybridized carbons (Fsp3) is 0.458. The number of hydrogen-bond donors (Lipinski definition) is 3. The number of hydrogen-bond acceptors (Lipinski definition) is 4. The van der Waals surface area contributed by atoms with Crippen molar-refractivity contribution in [1.29, 1.82) is 0 Å². The van der Waals surface area contributed by atoms with E-state index in [1.165, 1.54) is 5.56 Å². The summed E-state index contributed by atoms with van der Waals surface area (Å²) in [6.45, 7) is 9.94. The fourth-order valence-corrected chi connectivity index (χ4v) is 2.90. The van der Waals surface area contributed by atoms with Crippen molar-refractivity contribution in [2.75, 3.05) is 20.1 Å². The Morgan fingerprint density at radius 1 is 1.11 bits per heavy atom. The fourth-order valence-electron chi connectivity index (χ4n) is 2.90. The zero-order valence-corrected chi connectivity index (χ0v) is 18.0. The van der Waals surface area contributed by atoms with Gasteiger partial charge in [0.25, 0.3) is 0 Å². The van der Waals surface area contributed by atoms with Crippen LogP contribution >= 0.6 is 0 Å². The van der Waals surface area contributed by atoms with Crippen LogP contribution in [-0.4, -0.2) is 37.6 Å². The molecule has 0 spiro atoms. The highest BCUT2D eigenvalue weighted by Crippen LogP contribution is 2.30. The second-order valence-electron chi connectivity index (χ2n) is 7.90. The first-order chi connectivity index (χ1) is 13.3. The first-order valence-corrected chi connectivity index (χ1v) is 9.93. The summed E-state index contributed by atoms with van der Waals surface area (Å²) in [5, 5.41) is 16.4. The second-order valence-corrected chi connectivity index (χ2v) is 7.90. The number of phenols is 1. The van der Waals surface area contributed by atoms with Crippen LogP contribution in [0.4, 0.5) is 0 Å². The van der Waals surface area contributed by atoms with Gasteiger partial charge in [0.1, 0.15) is 12.0 Å². The Bertz CT molecular complexity index is 699. The third-order valence-corrected chi connectivity index (χ3v) is 4.95. The van der Waals surface area contributed by atoms with Crippen molar-refractivity contribution >= 4 is 6.29 Å². The van der Waals surface area contributed by atoms with E-state index >= 15 is 0 Å². The number of aryl methyl sites for hydroxylation is 2. The highest BCUT2D eigenvalue weighted by molar-refractivity contribution is 5.50. The van der Waals surface area contributed by atoms with Crippen molar-refractivity contribution in [3.05, 3.63) is 65.2 Å². The van der Waals surface area contributed by atoms with Crippen LogP contribution in [0.15, 0.2) is 48.5 Å². The van der Waals surface area contributed by atoms with Crippen molar-refractivity contribution in [1.82, 2.24) is 10.6 Å². The van der Waals surface area contributed by atoms with Crippen LogP contribution in [0.5, 0.6) is 5.75 Å². The molecule has 0 unspecified atom stereocenters. The second kappa shape index (κ2) is 12.3. The molecule has 0 aliphatic carbocycles. The molecule has 4 heteroatoms. The molecule has 0 saturated heterocycles. The van der Waals surface area contributed by atoms with Crippen LogP contribution < -0.4 is 10.6 Å². The zero-order chi connectivity index (χ0) is 21.0. The third-order valence-electron chi connectivity index (χ3n) is 4.95. The number of benzene rings is 2. The van der Waals surface area contributed by atoms with Gasteiger partial charge in [-0.2, -0.15) is 0 Å². The van der Waals surface area contributed by atoms with Gasteiger partial charge in [0, 0.05) is 19.0 Å². The van der Waals surface area contributed by atoms with Crippen LogP contribution in [0.25, 0.3) is 0 Å². The maximum atomic E-state index is 10.6. The molecule has 28 heavy (non-hydrogen) atoms. The molecular weight excluding hydrogens is 348 g/mol. The Kier molecular flexibility index (Phi) is 10.5. The molecule has 0 amide bonds. The van der Waals surface area contributed by atoms with E-state index < -0.39 is 0 Å². The quantitative estimate of drug-likeness (QED) is 0.569. The Hall–Kier alpha value is -2.17. The van der Waals surface area contributed by atoms with Crippen LogP contribution in [-0.2, 0) is 10.2 Å². The minimum Gasteiger partial charge on any atom is -0.508 e. The van der Waals surface area contributed by atoms with Gasteiger partial charge in [0.2, 0.25) is 0 Å². The van der Waals surface area contributed by atoms with Crippen molar-refractivity contribution in [2.45, 2.75) is 52.0 Å². The number of carbonyl (C=O) groups is 1. The molecule has 0 fully saturated rings. The number of aldehydes is 1. The van der Waals surface area contributed by atoms with Crippen LogP contribution in [0, 0.1) is 13.8 Å². The number of carbonyl (C=O) groups excluding carboxylic acids is 1. The van der Waals surface area contributed by atoms with E-state index in [0.717, 1.165) is 36.9 Å². The summed E-state index contributed by atoms with van der Waals surface area (Å²) in [6.07, 6.45) is 2.42. The molecule has 154 valence electrons. The maximum absolute atomic E-state index is 10.6. The van der Waals surface area contributed by atoms with Crippen LogP contribution in [0.1, 0.15) is 43.4 Å². The van der Waals surface area contributed by atoms with E-state index in [1.807, 2.05) is 44.3 Å². The third kappa shape index (κ3) is 8.68. The van der Waals surface area contributed by atoms with E-state index in [4.69, 9.17) is 0 Å². The summed E-state index contributed by atoms with van der Waals surface area (Å²) < 4.78 is 0. The summed E-state index contributed by atoms with van der Waals surface area (Å²) in [7, 11) is 1.89. The van der Waals surface area contributed by atoms with Crippen LogP contribution in [0.2, 0.25) is 0 Å². The van der Waals surface area contributed by atoms with Crippen molar-refractivity contribution < 1.29 is 9.90 Å². The highest BCUT2D eigenvalue weighted by atomic mass is 16.3.